The molecule has 2 N–H and O–H groups in total. The first kappa shape index (κ1) is 18.5. The van der Waals surface area contributed by atoms with Crippen LogP contribution in [0.1, 0.15) is 31.7 Å². The molecule has 0 aromatic heterocycles. The Morgan fingerprint density at radius 1 is 1.33 bits per heavy atom. The smallest absolute Gasteiger partial charge is 0.227 e. The van der Waals surface area contributed by atoms with E-state index in [2.05, 4.69) is 0 Å². The van der Waals surface area contributed by atoms with Crippen molar-refractivity contribution >= 4 is 5.91 Å². The highest BCUT2D eigenvalue weighted by Gasteiger charge is 2.43. The highest BCUT2D eigenvalue weighted by atomic mass is 16.5. The molecule has 1 heterocycles. The van der Waals surface area contributed by atoms with Crippen molar-refractivity contribution in [2.24, 2.45) is 0 Å². The average Bonchev–Trinajstić information content (AvgIpc) is 2.98. The molecule has 0 spiro atoms. The lowest BCUT2D eigenvalue weighted by Gasteiger charge is -2.38. The predicted molar refractivity (Wildman–Crippen MR) is 90.3 cm³/mol. The molecule has 1 aromatic rings. The molecular formula is C18H27NO5. The van der Waals surface area contributed by atoms with Gasteiger partial charge in [0.05, 0.1) is 38.9 Å². The molecule has 6 heteroatoms. The number of amides is 1. The lowest BCUT2D eigenvalue weighted by Crippen LogP contribution is -2.52. The third-order valence-electron chi connectivity index (χ3n) is 4.67. The Morgan fingerprint density at radius 3 is 2.62 bits per heavy atom. The molecule has 134 valence electrons. The fourth-order valence-electron chi connectivity index (χ4n) is 3.58. The van der Waals surface area contributed by atoms with E-state index in [1.54, 1.807) is 38.2 Å². The van der Waals surface area contributed by atoms with Crippen LogP contribution in [0.25, 0.3) is 0 Å². The van der Waals surface area contributed by atoms with Crippen molar-refractivity contribution in [2.45, 2.75) is 44.2 Å². The number of aliphatic hydroxyl groups excluding tert-OH is 2. The molecule has 0 aliphatic carbocycles. The summed E-state index contributed by atoms with van der Waals surface area (Å²) in [6.45, 7) is 2.17. The molecule has 1 fully saturated rings. The maximum Gasteiger partial charge on any atom is 0.227 e. The van der Waals surface area contributed by atoms with E-state index >= 15 is 0 Å². The average molecular weight is 337 g/mol. The summed E-state index contributed by atoms with van der Waals surface area (Å²) in [6, 6.07) is 5.41. The lowest BCUT2D eigenvalue weighted by molar-refractivity contribution is -0.137. The molecule has 0 saturated carbocycles. The van der Waals surface area contributed by atoms with Gasteiger partial charge in [-0.3, -0.25) is 4.79 Å². The number of carbonyl (C=O) groups excluding carboxylic acids is 1. The summed E-state index contributed by atoms with van der Waals surface area (Å²) < 4.78 is 10.5. The van der Waals surface area contributed by atoms with E-state index in [0.717, 1.165) is 12.0 Å². The Bertz CT molecular complexity index is 575. The van der Waals surface area contributed by atoms with Gasteiger partial charge in [-0.15, -0.1) is 0 Å². The van der Waals surface area contributed by atoms with Crippen molar-refractivity contribution in [3.8, 4) is 11.5 Å². The molecule has 1 aliphatic rings. The van der Waals surface area contributed by atoms with Crippen LogP contribution in [-0.2, 0) is 11.2 Å². The molecule has 1 aromatic carbocycles. The fourth-order valence-corrected chi connectivity index (χ4v) is 3.58. The molecule has 1 amide bonds. The summed E-state index contributed by atoms with van der Waals surface area (Å²) in [7, 11) is 3.13. The minimum atomic E-state index is -0.651. The SMILES string of the molecule is COc1ccc(CC(=O)N2CCCC2(CO)CC(C)O)cc1OC. The topological polar surface area (TPSA) is 79.2 Å². The summed E-state index contributed by atoms with van der Waals surface area (Å²) in [6.07, 6.45) is 1.60. The van der Waals surface area contributed by atoms with Crippen LogP contribution < -0.4 is 9.47 Å². The Morgan fingerprint density at radius 2 is 2.04 bits per heavy atom. The van der Waals surface area contributed by atoms with Gasteiger partial charge in [-0.1, -0.05) is 6.07 Å². The highest BCUT2D eigenvalue weighted by Crippen LogP contribution is 2.34. The number of aliphatic hydroxyl groups is 2. The Labute approximate surface area is 143 Å². The Kier molecular flexibility index (Phi) is 6.07. The van der Waals surface area contributed by atoms with Gasteiger partial charge in [-0.2, -0.15) is 0 Å². The number of likely N-dealkylation sites (tertiary alicyclic amines) is 1. The summed E-state index contributed by atoms with van der Waals surface area (Å²) in [5.41, 5.74) is 0.176. The quantitative estimate of drug-likeness (QED) is 0.786. The lowest BCUT2D eigenvalue weighted by atomic mass is 9.90. The van der Waals surface area contributed by atoms with Gasteiger partial charge in [0.2, 0.25) is 5.91 Å². The monoisotopic (exact) mass is 337 g/mol. The minimum Gasteiger partial charge on any atom is -0.493 e. The summed E-state index contributed by atoms with van der Waals surface area (Å²) >= 11 is 0. The molecule has 1 saturated heterocycles. The minimum absolute atomic E-state index is 0.0468. The van der Waals surface area contributed by atoms with E-state index in [9.17, 15) is 15.0 Å². The standard InChI is InChI=1S/C18H27NO5/c1-13(21)11-18(12-20)7-4-8-19(18)17(22)10-14-5-6-15(23-2)16(9-14)24-3/h5-6,9,13,20-21H,4,7-8,10-12H2,1-3H3. The van der Waals surface area contributed by atoms with E-state index in [-0.39, 0.29) is 18.9 Å². The van der Waals surface area contributed by atoms with Crippen LogP contribution in [0.3, 0.4) is 0 Å². The first-order chi connectivity index (χ1) is 11.5. The molecule has 2 unspecified atom stereocenters. The van der Waals surface area contributed by atoms with E-state index in [1.807, 2.05) is 6.07 Å². The Hall–Kier alpha value is -1.79. The van der Waals surface area contributed by atoms with E-state index in [0.29, 0.717) is 30.9 Å². The molecular weight excluding hydrogens is 310 g/mol. The van der Waals surface area contributed by atoms with Crippen LogP contribution in [0.2, 0.25) is 0 Å². The number of rotatable bonds is 7. The van der Waals surface area contributed by atoms with Crippen LogP contribution in [0.15, 0.2) is 18.2 Å². The van der Waals surface area contributed by atoms with Crippen LogP contribution in [0.4, 0.5) is 0 Å². The highest BCUT2D eigenvalue weighted by molar-refractivity contribution is 5.80. The van der Waals surface area contributed by atoms with E-state index in [4.69, 9.17) is 9.47 Å². The molecule has 24 heavy (non-hydrogen) atoms. The largest absolute Gasteiger partial charge is 0.493 e. The van der Waals surface area contributed by atoms with Gasteiger partial charge in [-0.25, -0.2) is 0 Å². The van der Waals surface area contributed by atoms with Gasteiger partial charge < -0.3 is 24.6 Å². The number of ether oxygens (including phenoxy) is 2. The number of nitrogens with zero attached hydrogens (tertiary/aromatic N) is 1. The van der Waals surface area contributed by atoms with Gasteiger partial charge in [0.1, 0.15) is 0 Å². The van der Waals surface area contributed by atoms with Crippen LogP contribution in [-0.4, -0.2) is 60.0 Å². The fraction of sp³-hybridized carbons (Fsp3) is 0.611. The van der Waals surface area contributed by atoms with Crippen molar-refractivity contribution in [3.05, 3.63) is 23.8 Å². The van der Waals surface area contributed by atoms with Gasteiger partial charge in [-0.05, 0) is 43.9 Å². The number of methoxy groups -OCH3 is 2. The van der Waals surface area contributed by atoms with Crippen molar-refractivity contribution in [3.63, 3.8) is 0 Å². The molecule has 0 radical (unpaired) electrons. The molecule has 1 aliphatic heterocycles. The molecule has 2 atom stereocenters. The third-order valence-corrected chi connectivity index (χ3v) is 4.67. The second-order valence-electron chi connectivity index (χ2n) is 6.45. The summed E-state index contributed by atoms with van der Waals surface area (Å²) in [4.78, 5) is 14.5. The van der Waals surface area contributed by atoms with Crippen molar-refractivity contribution in [1.82, 2.24) is 4.90 Å². The number of hydrogen-bond acceptors (Lipinski definition) is 5. The second-order valence-corrected chi connectivity index (χ2v) is 6.45. The van der Waals surface area contributed by atoms with Crippen LogP contribution >= 0.6 is 0 Å². The number of carbonyl (C=O) groups is 1. The molecule has 2 rings (SSSR count). The normalized spacial score (nSPS) is 21.6. The molecule has 0 bridgehead atoms. The number of benzene rings is 1. The zero-order valence-electron chi connectivity index (χ0n) is 14.6. The first-order valence-corrected chi connectivity index (χ1v) is 8.26. The van der Waals surface area contributed by atoms with Gasteiger partial charge in [0.15, 0.2) is 11.5 Å². The Balaban J connectivity index is 2.16. The summed E-state index contributed by atoms with van der Waals surface area (Å²) in [5, 5.41) is 19.6. The zero-order chi connectivity index (χ0) is 17.7. The van der Waals surface area contributed by atoms with Crippen LogP contribution in [0, 0.1) is 0 Å². The van der Waals surface area contributed by atoms with Gasteiger partial charge in [0, 0.05) is 6.54 Å². The van der Waals surface area contributed by atoms with Crippen molar-refractivity contribution in [1.29, 1.82) is 0 Å². The van der Waals surface area contributed by atoms with E-state index in [1.165, 1.54) is 0 Å². The number of hydrogen-bond donors (Lipinski definition) is 2. The van der Waals surface area contributed by atoms with E-state index < -0.39 is 11.6 Å². The van der Waals surface area contributed by atoms with Gasteiger partial charge in [0.25, 0.3) is 0 Å². The van der Waals surface area contributed by atoms with Gasteiger partial charge >= 0.3 is 0 Å². The first-order valence-electron chi connectivity index (χ1n) is 8.26. The zero-order valence-corrected chi connectivity index (χ0v) is 14.6. The van der Waals surface area contributed by atoms with Crippen molar-refractivity contribution < 1.29 is 24.5 Å². The summed E-state index contributed by atoms with van der Waals surface area (Å²) in [5.74, 6) is 1.16. The molecule has 6 nitrogen and oxygen atoms in total. The second kappa shape index (κ2) is 7.85. The van der Waals surface area contributed by atoms with Crippen LogP contribution in [0.5, 0.6) is 11.5 Å². The van der Waals surface area contributed by atoms with Crippen molar-refractivity contribution in [2.75, 3.05) is 27.4 Å². The predicted octanol–water partition coefficient (Wildman–Crippen LogP) is 1.37. The third kappa shape index (κ3) is 3.82. The maximum absolute atomic E-state index is 12.8. The maximum atomic E-state index is 12.8.